The van der Waals surface area contributed by atoms with Crippen molar-refractivity contribution in [1.29, 1.82) is 0 Å². The van der Waals surface area contributed by atoms with E-state index in [-0.39, 0.29) is 23.2 Å². The molecule has 0 N–H and O–H groups in total. The van der Waals surface area contributed by atoms with Gasteiger partial charge in [0.25, 0.3) is 5.09 Å². The van der Waals surface area contributed by atoms with Crippen molar-refractivity contribution in [3.05, 3.63) is 20.2 Å². The molecule has 17 heavy (non-hydrogen) atoms. The number of hydrogen-bond acceptors (Lipinski definition) is 5. The maximum Gasteiger partial charge on any atom is 0.295 e. The lowest BCUT2D eigenvalue weighted by molar-refractivity contribution is -0.788. The third-order valence-electron chi connectivity index (χ3n) is 4.63. The SMILES string of the molecule is O=[N+]([O-])OC12C[C@H]3C[C@@H](C1)CC([N+](=O)[O-])(C3)C2. The summed E-state index contributed by atoms with van der Waals surface area (Å²) in [6, 6.07) is 0. The zero-order chi connectivity index (χ0) is 12.3. The second-order valence-electron chi connectivity index (χ2n) is 5.94. The Labute approximate surface area is 97.4 Å². The maximum atomic E-state index is 11.3. The Morgan fingerprint density at radius 1 is 1.06 bits per heavy atom. The summed E-state index contributed by atoms with van der Waals surface area (Å²) in [4.78, 5) is 26.5. The molecule has 7 nitrogen and oxygen atoms in total. The molecular formula is C10H14N2O5. The number of nitrogens with zero attached hydrogens (tertiary/aromatic N) is 2. The van der Waals surface area contributed by atoms with Crippen LogP contribution in [0.5, 0.6) is 0 Å². The van der Waals surface area contributed by atoms with Crippen molar-refractivity contribution >= 4 is 0 Å². The van der Waals surface area contributed by atoms with Gasteiger partial charge in [0.05, 0.1) is 0 Å². The summed E-state index contributed by atoms with van der Waals surface area (Å²) in [5, 5.41) is 21.1. The monoisotopic (exact) mass is 242 g/mol. The van der Waals surface area contributed by atoms with E-state index in [1.165, 1.54) is 0 Å². The largest absolute Gasteiger partial charge is 0.307 e. The first kappa shape index (κ1) is 10.7. The normalized spacial score (nSPS) is 46.8. The van der Waals surface area contributed by atoms with Crippen molar-refractivity contribution in [1.82, 2.24) is 0 Å². The molecule has 4 atom stereocenters. The van der Waals surface area contributed by atoms with E-state index in [2.05, 4.69) is 0 Å². The number of nitro groups is 1. The molecule has 4 fully saturated rings. The van der Waals surface area contributed by atoms with Crippen LogP contribution in [-0.4, -0.2) is 21.1 Å². The quantitative estimate of drug-likeness (QED) is 0.552. The van der Waals surface area contributed by atoms with E-state index in [1.807, 2.05) is 0 Å². The minimum atomic E-state index is -0.958. The fourth-order valence-corrected chi connectivity index (χ4v) is 4.61. The van der Waals surface area contributed by atoms with Crippen LogP contribution in [-0.2, 0) is 4.84 Å². The molecule has 0 aromatic carbocycles. The summed E-state index contributed by atoms with van der Waals surface area (Å²) in [7, 11) is 0. The van der Waals surface area contributed by atoms with Gasteiger partial charge in [-0.05, 0) is 31.1 Å². The van der Waals surface area contributed by atoms with E-state index in [1.54, 1.807) is 0 Å². The van der Waals surface area contributed by atoms with E-state index < -0.39 is 16.2 Å². The third kappa shape index (κ3) is 1.48. The molecular weight excluding hydrogens is 228 g/mol. The minimum Gasteiger partial charge on any atom is -0.307 e. The van der Waals surface area contributed by atoms with Crippen molar-refractivity contribution in [2.24, 2.45) is 11.8 Å². The number of hydrogen-bond donors (Lipinski definition) is 0. The molecule has 4 bridgehead atoms. The molecule has 4 aliphatic rings. The Morgan fingerprint density at radius 3 is 2.12 bits per heavy atom. The van der Waals surface area contributed by atoms with Gasteiger partial charge in [0.15, 0.2) is 0 Å². The Kier molecular flexibility index (Phi) is 1.95. The van der Waals surface area contributed by atoms with Crippen LogP contribution in [0, 0.1) is 32.1 Å². The predicted molar refractivity (Wildman–Crippen MR) is 55.2 cm³/mol. The predicted octanol–water partition coefficient (Wildman–Crippen LogP) is 1.56. The van der Waals surface area contributed by atoms with Crippen LogP contribution in [0.3, 0.4) is 0 Å². The first-order chi connectivity index (χ1) is 7.93. The standard InChI is InChI=1S/C10H14N2O5/c13-11(14)9-2-7-1-8(3-9)5-10(4-7,6-9)17-12(15)16/h7-8H,1-6H2/t7-,8+,9?,10?. The molecule has 2 unspecified atom stereocenters. The van der Waals surface area contributed by atoms with Gasteiger partial charge in [-0.3, -0.25) is 10.1 Å². The molecule has 4 rings (SSSR count). The van der Waals surface area contributed by atoms with E-state index in [0.29, 0.717) is 25.7 Å². The molecule has 0 aliphatic heterocycles. The van der Waals surface area contributed by atoms with Gasteiger partial charge in [0.2, 0.25) is 5.54 Å². The highest BCUT2D eigenvalue weighted by molar-refractivity contribution is 5.09. The second kappa shape index (κ2) is 3.08. The molecule has 94 valence electrons. The fourth-order valence-electron chi connectivity index (χ4n) is 4.61. The second-order valence-corrected chi connectivity index (χ2v) is 5.94. The maximum absolute atomic E-state index is 11.3. The molecule has 0 aromatic heterocycles. The zero-order valence-electron chi connectivity index (χ0n) is 9.33. The van der Waals surface area contributed by atoms with Gasteiger partial charge in [-0.2, -0.15) is 0 Å². The van der Waals surface area contributed by atoms with Crippen LogP contribution < -0.4 is 0 Å². The Hall–Kier alpha value is -1.40. The first-order valence-electron chi connectivity index (χ1n) is 5.91. The van der Waals surface area contributed by atoms with Crippen LogP contribution in [0.1, 0.15) is 38.5 Å². The highest BCUT2D eigenvalue weighted by atomic mass is 17.0. The lowest BCUT2D eigenvalue weighted by Gasteiger charge is -2.56. The molecule has 4 saturated carbocycles. The van der Waals surface area contributed by atoms with E-state index in [9.17, 15) is 20.2 Å². The fraction of sp³-hybridized carbons (Fsp3) is 1.00. The molecule has 4 aliphatic carbocycles. The zero-order valence-corrected chi connectivity index (χ0v) is 9.33. The summed E-state index contributed by atoms with van der Waals surface area (Å²) in [5.74, 6) is 0.447. The summed E-state index contributed by atoms with van der Waals surface area (Å²) < 4.78 is 0. The highest BCUT2D eigenvalue weighted by Gasteiger charge is 2.65. The lowest BCUT2D eigenvalue weighted by atomic mass is 9.51. The smallest absolute Gasteiger partial charge is 0.295 e. The van der Waals surface area contributed by atoms with Crippen LogP contribution >= 0.6 is 0 Å². The Bertz CT molecular complexity index is 382. The Morgan fingerprint density at radius 2 is 1.65 bits per heavy atom. The van der Waals surface area contributed by atoms with Crippen LogP contribution in [0.4, 0.5) is 0 Å². The number of rotatable bonds is 3. The summed E-state index contributed by atoms with van der Waals surface area (Å²) in [6.45, 7) is 0. The van der Waals surface area contributed by atoms with Crippen molar-refractivity contribution in [3.8, 4) is 0 Å². The highest BCUT2D eigenvalue weighted by Crippen LogP contribution is 2.59. The van der Waals surface area contributed by atoms with Gasteiger partial charge >= 0.3 is 0 Å². The van der Waals surface area contributed by atoms with E-state index >= 15 is 0 Å². The van der Waals surface area contributed by atoms with Crippen molar-refractivity contribution in [2.45, 2.75) is 49.7 Å². The molecule has 7 heteroatoms. The van der Waals surface area contributed by atoms with Gasteiger partial charge in [-0.1, -0.05) is 0 Å². The van der Waals surface area contributed by atoms with Gasteiger partial charge in [0.1, 0.15) is 5.60 Å². The van der Waals surface area contributed by atoms with E-state index in [4.69, 9.17) is 4.84 Å². The van der Waals surface area contributed by atoms with Crippen molar-refractivity contribution < 1.29 is 14.8 Å². The summed E-state index contributed by atoms with van der Waals surface area (Å²) in [6.07, 6.45) is 3.54. The topological polar surface area (TPSA) is 95.5 Å². The summed E-state index contributed by atoms with van der Waals surface area (Å²) >= 11 is 0. The van der Waals surface area contributed by atoms with E-state index in [0.717, 1.165) is 6.42 Å². The Balaban J connectivity index is 1.94. The molecule has 0 saturated heterocycles. The van der Waals surface area contributed by atoms with Crippen LogP contribution in [0.2, 0.25) is 0 Å². The molecule has 0 aromatic rings. The molecule has 0 spiro atoms. The third-order valence-corrected chi connectivity index (χ3v) is 4.63. The van der Waals surface area contributed by atoms with Gasteiger partial charge in [0, 0.05) is 24.2 Å². The van der Waals surface area contributed by atoms with Crippen molar-refractivity contribution in [2.75, 3.05) is 0 Å². The summed E-state index contributed by atoms with van der Waals surface area (Å²) in [5.41, 5.74) is -1.83. The minimum absolute atomic E-state index is 0.209. The van der Waals surface area contributed by atoms with Gasteiger partial charge in [-0.25, -0.2) is 0 Å². The molecule has 0 amide bonds. The van der Waals surface area contributed by atoms with Gasteiger partial charge < -0.3 is 4.84 Å². The first-order valence-corrected chi connectivity index (χ1v) is 5.91. The van der Waals surface area contributed by atoms with Crippen LogP contribution in [0.15, 0.2) is 0 Å². The average molecular weight is 242 g/mol. The molecule has 0 radical (unpaired) electrons. The van der Waals surface area contributed by atoms with Gasteiger partial charge in [-0.15, -0.1) is 10.1 Å². The molecule has 0 heterocycles. The van der Waals surface area contributed by atoms with Crippen LogP contribution in [0.25, 0.3) is 0 Å². The lowest BCUT2D eigenvalue weighted by Crippen LogP contribution is -2.63. The van der Waals surface area contributed by atoms with Crippen molar-refractivity contribution in [3.63, 3.8) is 0 Å². The average Bonchev–Trinajstić information content (AvgIpc) is 2.12.